The van der Waals surface area contributed by atoms with Crippen LogP contribution in [0.4, 0.5) is 11.5 Å². The standard InChI is InChI=1S/C9H8BrN3O4/c10-7-1-5(13(16)17)3-11-9(7)12-4-6(14)2-8(12)15/h1,3,6,14H,2,4H2. The van der Waals surface area contributed by atoms with E-state index in [9.17, 15) is 20.0 Å². The number of nitro groups is 1. The highest BCUT2D eigenvalue weighted by atomic mass is 79.9. The second-order valence-electron chi connectivity index (χ2n) is 3.62. The quantitative estimate of drug-likeness (QED) is 0.645. The summed E-state index contributed by atoms with van der Waals surface area (Å²) in [7, 11) is 0. The third kappa shape index (κ3) is 2.27. The van der Waals surface area contributed by atoms with Crippen molar-refractivity contribution in [3.8, 4) is 0 Å². The molecule has 8 heteroatoms. The fraction of sp³-hybridized carbons (Fsp3) is 0.333. The summed E-state index contributed by atoms with van der Waals surface area (Å²) in [4.78, 5) is 26.7. The van der Waals surface area contributed by atoms with Crippen LogP contribution in [-0.4, -0.2) is 33.6 Å². The maximum Gasteiger partial charge on any atom is 0.288 e. The highest BCUT2D eigenvalue weighted by molar-refractivity contribution is 9.10. The van der Waals surface area contributed by atoms with Crippen LogP contribution in [0.2, 0.25) is 0 Å². The van der Waals surface area contributed by atoms with Crippen molar-refractivity contribution >= 4 is 33.3 Å². The maximum absolute atomic E-state index is 11.5. The van der Waals surface area contributed by atoms with E-state index in [1.165, 1.54) is 11.0 Å². The molecule has 0 saturated carbocycles. The molecule has 17 heavy (non-hydrogen) atoms. The van der Waals surface area contributed by atoms with Gasteiger partial charge in [0.25, 0.3) is 5.69 Å². The summed E-state index contributed by atoms with van der Waals surface area (Å²) in [5.74, 6) is 0.0386. The molecule has 0 bridgehead atoms. The number of β-amino-alcohol motifs (C(OH)–C–C–N with tert-alkyl or cyclic N) is 1. The molecule has 90 valence electrons. The first-order chi connectivity index (χ1) is 7.99. The molecular formula is C9H8BrN3O4. The molecular weight excluding hydrogens is 294 g/mol. The van der Waals surface area contributed by atoms with Gasteiger partial charge in [0, 0.05) is 6.07 Å². The monoisotopic (exact) mass is 301 g/mol. The van der Waals surface area contributed by atoms with E-state index in [-0.39, 0.29) is 30.4 Å². The molecule has 1 N–H and O–H groups in total. The van der Waals surface area contributed by atoms with Gasteiger partial charge in [-0.05, 0) is 15.9 Å². The summed E-state index contributed by atoms with van der Waals surface area (Å²) in [5, 5.41) is 19.9. The van der Waals surface area contributed by atoms with Crippen molar-refractivity contribution in [2.75, 3.05) is 11.4 Å². The van der Waals surface area contributed by atoms with E-state index in [4.69, 9.17) is 0 Å². The molecule has 1 saturated heterocycles. The van der Waals surface area contributed by atoms with Crippen molar-refractivity contribution in [3.63, 3.8) is 0 Å². The molecule has 1 atom stereocenters. The largest absolute Gasteiger partial charge is 0.391 e. The average Bonchev–Trinajstić information content (AvgIpc) is 2.57. The molecule has 0 aromatic carbocycles. The Kier molecular flexibility index (Phi) is 3.07. The normalized spacial score (nSPS) is 19.8. The molecule has 2 rings (SSSR count). The number of halogens is 1. The van der Waals surface area contributed by atoms with E-state index < -0.39 is 11.0 Å². The van der Waals surface area contributed by atoms with Gasteiger partial charge in [0.05, 0.1) is 28.5 Å². The van der Waals surface area contributed by atoms with Crippen molar-refractivity contribution in [3.05, 3.63) is 26.9 Å². The van der Waals surface area contributed by atoms with Crippen LogP contribution in [0.15, 0.2) is 16.7 Å². The lowest BCUT2D eigenvalue weighted by Crippen LogP contribution is -2.26. The van der Waals surface area contributed by atoms with Gasteiger partial charge in [-0.25, -0.2) is 4.98 Å². The zero-order valence-corrected chi connectivity index (χ0v) is 10.1. The predicted octanol–water partition coefficient (Wildman–Crippen LogP) is 0.850. The van der Waals surface area contributed by atoms with E-state index in [0.29, 0.717) is 4.47 Å². The van der Waals surface area contributed by atoms with Gasteiger partial charge in [-0.2, -0.15) is 0 Å². The summed E-state index contributed by atoms with van der Waals surface area (Å²) in [5.41, 5.74) is -0.159. The number of aliphatic hydroxyl groups is 1. The van der Waals surface area contributed by atoms with Gasteiger partial charge < -0.3 is 5.11 Å². The molecule has 1 amide bonds. The zero-order valence-electron chi connectivity index (χ0n) is 8.54. The van der Waals surface area contributed by atoms with Gasteiger partial charge in [-0.15, -0.1) is 0 Å². The number of amides is 1. The number of aliphatic hydroxyl groups excluding tert-OH is 1. The smallest absolute Gasteiger partial charge is 0.288 e. The van der Waals surface area contributed by atoms with Crippen LogP contribution in [0, 0.1) is 10.1 Å². The molecule has 1 aromatic rings. The number of hydrogen-bond donors (Lipinski definition) is 1. The SMILES string of the molecule is O=C1CC(O)CN1c1ncc([N+](=O)[O-])cc1Br. The number of anilines is 1. The minimum Gasteiger partial charge on any atom is -0.391 e. The first-order valence-electron chi connectivity index (χ1n) is 4.77. The molecule has 2 heterocycles. The Morgan fingerprint density at radius 1 is 1.65 bits per heavy atom. The van der Waals surface area contributed by atoms with Crippen LogP contribution < -0.4 is 4.90 Å². The van der Waals surface area contributed by atoms with Gasteiger partial charge in [-0.3, -0.25) is 19.8 Å². The lowest BCUT2D eigenvalue weighted by atomic mass is 10.3. The topological polar surface area (TPSA) is 96.6 Å². The van der Waals surface area contributed by atoms with Gasteiger partial charge in [0.15, 0.2) is 0 Å². The van der Waals surface area contributed by atoms with Gasteiger partial charge in [-0.1, -0.05) is 0 Å². The average molecular weight is 302 g/mol. The molecule has 1 aliphatic rings. The van der Waals surface area contributed by atoms with Gasteiger partial charge in [0.1, 0.15) is 12.0 Å². The Hall–Kier alpha value is -1.54. The summed E-state index contributed by atoms with van der Waals surface area (Å²) in [6.45, 7) is 0.155. The minimum absolute atomic E-state index is 0.0467. The number of hydrogen-bond acceptors (Lipinski definition) is 5. The first kappa shape index (κ1) is 11.9. The van der Waals surface area contributed by atoms with Gasteiger partial charge in [0.2, 0.25) is 5.91 Å². The summed E-state index contributed by atoms with van der Waals surface area (Å²) < 4.78 is 0.356. The van der Waals surface area contributed by atoms with E-state index >= 15 is 0 Å². The molecule has 1 unspecified atom stereocenters. The van der Waals surface area contributed by atoms with Crippen LogP contribution in [0.3, 0.4) is 0 Å². The molecule has 1 fully saturated rings. The number of pyridine rings is 1. The lowest BCUT2D eigenvalue weighted by molar-refractivity contribution is -0.385. The van der Waals surface area contributed by atoms with Crippen LogP contribution in [0.25, 0.3) is 0 Å². The third-order valence-corrected chi connectivity index (χ3v) is 2.96. The molecule has 0 spiro atoms. The van der Waals surface area contributed by atoms with Crippen LogP contribution in [-0.2, 0) is 4.79 Å². The third-order valence-electron chi connectivity index (χ3n) is 2.38. The van der Waals surface area contributed by atoms with Crippen molar-refractivity contribution < 1.29 is 14.8 Å². The molecule has 0 radical (unpaired) electrons. The Balaban J connectivity index is 2.34. The van der Waals surface area contributed by atoms with Crippen molar-refractivity contribution in [1.82, 2.24) is 4.98 Å². The number of nitrogens with zero attached hydrogens (tertiary/aromatic N) is 3. The number of carbonyl (C=O) groups excluding carboxylic acids is 1. The zero-order chi connectivity index (χ0) is 12.6. The predicted molar refractivity (Wildman–Crippen MR) is 61.6 cm³/mol. The van der Waals surface area contributed by atoms with Gasteiger partial charge >= 0.3 is 0 Å². The van der Waals surface area contributed by atoms with E-state index in [0.717, 1.165) is 6.20 Å². The number of rotatable bonds is 2. The van der Waals surface area contributed by atoms with Crippen molar-refractivity contribution in [2.24, 2.45) is 0 Å². The van der Waals surface area contributed by atoms with Crippen molar-refractivity contribution in [1.29, 1.82) is 0 Å². The van der Waals surface area contributed by atoms with Crippen LogP contribution in [0.5, 0.6) is 0 Å². The second kappa shape index (κ2) is 4.38. The number of aromatic nitrogens is 1. The molecule has 1 aliphatic heterocycles. The van der Waals surface area contributed by atoms with E-state index in [1.54, 1.807) is 0 Å². The van der Waals surface area contributed by atoms with Crippen molar-refractivity contribution in [2.45, 2.75) is 12.5 Å². The fourth-order valence-electron chi connectivity index (χ4n) is 1.61. The van der Waals surface area contributed by atoms with Crippen LogP contribution >= 0.6 is 15.9 Å². The minimum atomic E-state index is -0.716. The van der Waals surface area contributed by atoms with E-state index in [2.05, 4.69) is 20.9 Å². The molecule has 1 aromatic heterocycles. The first-order valence-corrected chi connectivity index (χ1v) is 5.56. The number of carbonyl (C=O) groups is 1. The maximum atomic E-state index is 11.5. The summed E-state index contributed by atoms with van der Waals surface area (Å²) in [6, 6.07) is 1.28. The highest BCUT2D eigenvalue weighted by Gasteiger charge is 2.31. The second-order valence-corrected chi connectivity index (χ2v) is 4.47. The fourth-order valence-corrected chi connectivity index (χ4v) is 2.16. The molecule has 0 aliphatic carbocycles. The van der Waals surface area contributed by atoms with E-state index in [1.807, 2.05) is 0 Å². The lowest BCUT2D eigenvalue weighted by Gasteiger charge is -2.15. The summed E-state index contributed by atoms with van der Waals surface area (Å²) >= 11 is 3.13. The molecule has 7 nitrogen and oxygen atoms in total. The summed E-state index contributed by atoms with van der Waals surface area (Å²) in [6.07, 6.45) is 0.412. The Labute approximate surface area is 104 Å². The highest BCUT2D eigenvalue weighted by Crippen LogP contribution is 2.30. The van der Waals surface area contributed by atoms with Crippen LogP contribution in [0.1, 0.15) is 6.42 Å². The Bertz CT molecular complexity index is 493. The Morgan fingerprint density at radius 2 is 2.35 bits per heavy atom. The Morgan fingerprint density at radius 3 is 2.82 bits per heavy atom.